The zero-order chi connectivity index (χ0) is 6.91. The van der Waals surface area contributed by atoms with Crippen molar-refractivity contribution in [3.63, 3.8) is 0 Å². The van der Waals surface area contributed by atoms with Crippen molar-refractivity contribution in [1.82, 2.24) is 5.32 Å². The summed E-state index contributed by atoms with van der Waals surface area (Å²) in [5.74, 6) is 0. The van der Waals surface area contributed by atoms with Crippen LogP contribution in [-0.2, 0) is 0 Å². The van der Waals surface area contributed by atoms with Gasteiger partial charge >= 0.3 is 0 Å². The Bertz CT molecular complexity index is 134. The smallest absolute Gasteiger partial charge is 0.0159 e. The predicted molar refractivity (Wildman–Crippen MR) is 40.5 cm³/mol. The summed E-state index contributed by atoms with van der Waals surface area (Å²) in [4.78, 5) is 0. The number of hydrogen-bond acceptors (Lipinski definition) is 1. The first kappa shape index (κ1) is 6.81. The first-order valence-corrected chi connectivity index (χ1v) is 3.51. The van der Waals surface area contributed by atoms with E-state index in [9.17, 15) is 0 Å². The molecule has 0 aromatic carbocycles. The summed E-state index contributed by atoms with van der Waals surface area (Å²) in [6.45, 7) is 4.46. The van der Waals surface area contributed by atoms with Crippen LogP contribution in [0.4, 0.5) is 0 Å². The Morgan fingerprint density at radius 2 is 2.22 bits per heavy atom. The summed E-state index contributed by atoms with van der Waals surface area (Å²) in [7, 11) is 2.02. The van der Waals surface area contributed by atoms with E-state index in [0.717, 1.165) is 0 Å². The molecule has 0 saturated carbocycles. The minimum atomic E-state index is 0.308. The van der Waals surface area contributed by atoms with Crippen molar-refractivity contribution in [1.29, 1.82) is 0 Å². The standard InChI is InChI=1S/C8H15N/c1-8(2,9-3)6-7-4-5-7/h4,9H,5-6H2,1-3H3. The fourth-order valence-corrected chi connectivity index (χ4v) is 0.873. The average molecular weight is 125 g/mol. The molecule has 0 atom stereocenters. The van der Waals surface area contributed by atoms with Gasteiger partial charge in [-0.2, -0.15) is 0 Å². The fourth-order valence-electron chi connectivity index (χ4n) is 0.873. The van der Waals surface area contributed by atoms with Gasteiger partial charge in [0.25, 0.3) is 0 Å². The van der Waals surface area contributed by atoms with Gasteiger partial charge in [0.1, 0.15) is 0 Å². The van der Waals surface area contributed by atoms with Crippen molar-refractivity contribution < 1.29 is 0 Å². The number of hydrogen-bond donors (Lipinski definition) is 1. The van der Waals surface area contributed by atoms with Gasteiger partial charge < -0.3 is 5.32 Å². The monoisotopic (exact) mass is 125 g/mol. The lowest BCUT2D eigenvalue weighted by atomic mass is 9.99. The van der Waals surface area contributed by atoms with Gasteiger partial charge in [0.15, 0.2) is 0 Å². The molecule has 0 aromatic heterocycles. The van der Waals surface area contributed by atoms with Crippen LogP contribution >= 0.6 is 0 Å². The highest BCUT2D eigenvalue weighted by Gasteiger charge is 2.19. The van der Waals surface area contributed by atoms with Gasteiger partial charge in [0, 0.05) is 5.54 Å². The maximum atomic E-state index is 3.27. The Morgan fingerprint density at radius 3 is 2.56 bits per heavy atom. The highest BCUT2D eigenvalue weighted by Crippen LogP contribution is 2.27. The van der Waals surface area contributed by atoms with Gasteiger partial charge in [-0.05, 0) is 33.7 Å². The minimum Gasteiger partial charge on any atom is -0.314 e. The molecule has 0 heterocycles. The van der Waals surface area contributed by atoms with Crippen LogP contribution in [0.25, 0.3) is 0 Å². The predicted octanol–water partition coefficient (Wildman–Crippen LogP) is 1.70. The van der Waals surface area contributed by atoms with Crippen LogP contribution in [-0.4, -0.2) is 12.6 Å². The zero-order valence-corrected chi connectivity index (χ0v) is 6.49. The third-order valence-electron chi connectivity index (χ3n) is 1.84. The van der Waals surface area contributed by atoms with Crippen LogP contribution in [0.15, 0.2) is 11.6 Å². The summed E-state index contributed by atoms with van der Waals surface area (Å²) in [6, 6.07) is 0. The highest BCUT2D eigenvalue weighted by atomic mass is 14.9. The number of rotatable bonds is 3. The van der Waals surface area contributed by atoms with Gasteiger partial charge in [-0.1, -0.05) is 11.6 Å². The molecule has 1 N–H and O–H groups in total. The second-order valence-corrected chi connectivity index (χ2v) is 3.38. The Balaban J connectivity index is 2.30. The summed E-state index contributed by atoms with van der Waals surface area (Å²) in [6.07, 6.45) is 4.76. The fraction of sp³-hybridized carbons (Fsp3) is 0.750. The molecule has 0 amide bonds. The van der Waals surface area contributed by atoms with Crippen LogP contribution in [0, 0.1) is 0 Å². The van der Waals surface area contributed by atoms with Gasteiger partial charge in [0.2, 0.25) is 0 Å². The lowest BCUT2D eigenvalue weighted by Crippen LogP contribution is -2.35. The first-order valence-electron chi connectivity index (χ1n) is 3.51. The third kappa shape index (κ3) is 2.19. The van der Waals surface area contributed by atoms with E-state index in [0.29, 0.717) is 5.54 Å². The molecule has 9 heavy (non-hydrogen) atoms. The van der Waals surface area contributed by atoms with Gasteiger partial charge in [-0.25, -0.2) is 0 Å². The van der Waals surface area contributed by atoms with Crippen molar-refractivity contribution in [3.05, 3.63) is 11.6 Å². The summed E-state index contributed by atoms with van der Waals surface area (Å²) in [5, 5.41) is 3.27. The first-order chi connectivity index (χ1) is 4.14. The molecule has 0 spiro atoms. The molecule has 0 saturated heterocycles. The van der Waals surface area contributed by atoms with E-state index >= 15 is 0 Å². The summed E-state index contributed by atoms with van der Waals surface area (Å²) >= 11 is 0. The SMILES string of the molecule is CNC(C)(C)CC1=CC1. The Labute approximate surface area is 57.1 Å². The molecule has 0 fully saturated rings. The highest BCUT2D eigenvalue weighted by molar-refractivity contribution is 5.23. The van der Waals surface area contributed by atoms with E-state index in [4.69, 9.17) is 0 Å². The molecule has 0 aromatic rings. The molecule has 1 nitrogen and oxygen atoms in total. The molecule has 1 aliphatic carbocycles. The molecule has 1 rings (SSSR count). The normalized spacial score (nSPS) is 17.4. The maximum Gasteiger partial charge on any atom is 0.0159 e. The average Bonchev–Trinajstić information content (AvgIpc) is 2.50. The van der Waals surface area contributed by atoms with Crippen LogP contribution in [0.2, 0.25) is 0 Å². The lowest BCUT2D eigenvalue weighted by Gasteiger charge is -2.22. The molecule has 0 unspecified atom stereocenters. The van der Waals surface area contributed by atoms with Crippen LogP contribution < -0.4 is 5.32 Å². The van der Waals surface area contributed by atoms with Crippen molar-refractivity contribution in [2.45, 2.75) is 32.2 Å². The third-order valence-corrected chi connectivity index (χ3v) is 1.84. The molecular weight excluding hydrogens is 110 g/mol. The Morgan fingerprint density at radius 1 is 1.67 bits per heavy atom. The van der Waals surface area contributed by atoms with Crippen LogP contribution in [0.5, 0.6) is 0 Å². The van der Waals surface area contributed by atoms with Gasteiger partial charge in [-0.3, -0.25) is 0 Å². The number of nitrogens with one attached hydrogen (secondary N) is 1. The summed E-state index contributed by atoms with van der Waals surface area (Å²) in [5.41, 5.74) is 1.91. The molecule has 0 bridgehead atoms. The van der Waals surface area contributed by atoms with E-state index < -0.39 is 0 Å². The van der Waals surface area contributed by atoms with Crippen molar-refractivity contribution >= 4 is 0 Å². The van der Waals surface area contributed by atoms with Crippen molar-refractivity contribution in [2.75, 3.05) is 7.05 Å². The van der Waals surface area contributed by atoms with E-state index in [1.54, 1.807) is 5.57 Å². The van der Waals surface area contributed by atoms with Gasteiger partial charge in [0.05, 0.1) is 0 Å². The largest absolute Gasteiger partial charge is 0.314 e. The van der Waals surface area contributed by atoms with Crippen LogP contribution in [0.3, 0.4) is 0 Å². The number of allylic oxidation sites excluding steroid dienone is 1. The van der Waals surface area contributed by atoms with Crippen molar-refractivity contribution in [2.24, 2.45) is 0 Å². The maximum absolute atomic E-state index is 3.27. The van der Waals surface area contributed by atoms with Gasteiger partial charge in [-0.15, -0.1) is 0 Å². The Kier molecular flexibility index (Phi) is 1.62. The molecule has 52 valence electrons. The lowest BCUT2D eigenvalue weighted by molar-refractivity contribution is 0.424. The van der Waals surface area contributed by atoms with E-state index in [-0.39, 0.29) is 0 Å². The van der Waals surface area contributed by atoms with E-state index in [1.165, 1.54) is 12.8 Å². The van der Waals surface area contributed by atoms with E-state index in [2.05, 4.69) is 25.2 Å². The topological polar surface area (TPSA) is 12.0 Å². The molecule has 1 heteroatoms. The van der Waals surface area contributed by atoms with E-state index in [1.807, 2.05) is 7.05 Å². The van der Waals surface area contributed by atoms with Crippen LogP contribution in [0.1, 0.15) is 26.7 Å². The second kappa shape index (κ2) is 2.14. The molecular formula is C8H15N. The zero-order valence-electron chi connectivity index (χ0n) is 6.49. The molecule has 1 aliphatic rings. The molecule has 0 radical (unpaired) electrons. The second-order valence-electron chi connectivity index (χ2n) is 3.38. The quantitative estimate of drug-likeness (QED) is 0.566. The molecule has 0 aliphatic heterocycles. The Hall–Kier alpha value is -0.300. The summed E-state index contributed by atoms with van der Waals surface area (Å²) < 4.78 is 0. The minimum absolute atomic E-state index is 0.308. The van der Waals surface area contributed by atoms with Crippen molar-refractivity contribution in [3.8, 4) is 0 Å².